The molecule has 8 rings (SSSR count). The van der Waals surface area contributed by atoms with E-state index in [9.17, 15) is 14.7 Å². The number of piperidine rings is 2. The van der Waals surface area contributed by atoms with Crippen molar-refractivity contribution < 1.29 is 57.3 Å². The largest absolute Gasteiger partial charge is 0.507 e. The number of fused-ring (bicyclic) bond motifs is 2. The van der Waals surface area contributed by atoms with Gasteiger partial charge in [0.2, 0.25) is 25.4 Å². The van der Waals surface area contributed by atoms with E-state index in [0.29, 0.717) is 75.6 Å². The topological polar surface area (TPSA) is 144 Å². The Morgan fingerprint density at radius 1 is 0.587 bits per heavy atom. The van der Waals surface area contributed by atoms with Crippen LogP contribution in [0.15, 0.2) is 60.7 Å². The Morgan fingerprint density at radius 3 is 1.43 bits per heavy atom. The van der Waals surface area contributed by atoms with Crippen LogP contribution in [0.1, 0.15) is 86.5 Å². The van der Waals surface area contributed by atoms with E-state index in [0.717, 1.165) is 68.6 Å². The number of carbonyl (C=O) groups is 2. The molecular formula is C49H60N2O12. The Labute approximate surface area is 369 Å². The van der Waals surface area contributed by atoms with Gasteiger partial charge in [-0.25, -0.2) is 0 Å². The molecule has 2 fully saturated rings. The highest BCUT2D eigenvalue weighted by Gasteiger charge is 2.33. The van der Waals surface area contributed by atoms with Crippen molar-refractivity contribution in [3.63, 3.8) is 0 Å². The molecular weight excluding hydrogens is 809 g/mol. The van der Waals surface area contributed by atoms with Crippen LogP contribution in [-0.4, -0.2) is 102 Å². The van der Waals surface area contributed by atoms with Crippen molar-refractivity contribution in [1.82, 2.24) is 9.80 Å². The van der Waals surface area contributed by atoms with Gasteiger partial charge in [-0.3, -0.25) is 9.59 Å². The zero-order valence-electron chi connectivity index (χ0n) is 37.4. The summed E-state index contributed by atoms with van der Waals surface area (Å²) in [4.78, 5) is 30.6. The Kier molecular flexibility index (Phi) is 14.5. The highest BCUT2D eigenvalue weighted by atomic mass is 16.7. The third kappa shape index (κ3) is 10.2. The lowest BCUT2D eigenvalue weighted by Gasteiger charge is -2.32. The number of aromatic hydroxyl groups is 1. The zero-order chi connectivity index (χ0) is 44.6. The van der Waals surface area contributed by atoms with E-state index in [4.69, 9.17) is 42.6 Å². The number of phenolic OH excluding ortho intramolecular Hbond substituents is 1. The molecule has 0 spiro atoms. The van der Waals surface area contributed by atoms with Crippen molar-refractivity contribution in [2.45, 2.75) is 64.2 Å². The summed E-state index contributed by atoms with van der Waals surface area (Å²) in [5.41, 5.74) is 3.16. The van der Waals surface area contributed by atoms with Crippen molar-refractivity contribution in [3.05, 3.63) is 82.9 Å². The second-order valence-corrected chi connectivity index (χ2v) is 16.6. The quantitative estimate of drug-likeness (QED) is 0.139. The number of phenols is 1. The highest BCUT2D eigenvalue weighted by Crippen LogP contribution is 2.47. The van der Waals surface area contributed by atoms with Gasteiger partial charge in [-0.05, 0) is 72.9 Å². The molecule has 4 aromatic carbocycles. The molecule has 4 atom stereocenters. The minimum Gasteiger partial charge on any atom is -0.507 e. The lowest BCUT2D eigenvalue weighted by atomic mass is 9.86. The Morgan fingerprint density at radius 2 is 1.00 bits per heavy atom. The van der Waals surface area contributed by atoms with E-state index >= 15 is 0 Å². The second-order valence-electron chi connectivity index (χ2n) is 16.6. The Hall–Kier alpha value is -6.18. The maximum Gasteiger partial charge on any atom is 0.231 e. The summed E-state index contributed by atoms with van der Waals surface area (Å²) >= 11 is 0. The molecule has 2 amide bonds. The number of ether oxygens (including phenoxy) is 9. The molecule has 14 nitrogen and oxygen atoms in total. The number of amides is 2. The summed E-state index contributed by atoms with van der Waals surface area (Å²) < 4.78 is 49.8. The van der Waals surface area contributed by atoms with Gasteiger partial charge < -0.3 is 57.5 Å². The first kappa shape index (κ1) is 44.9. The van der Waals surface area contributed by atoms with E-state index in [1.807, 2.05) is 58.3 Å². The molecule has 4 heterocycles. The van der Waals surface area contributed by atoms with Gasteiger partial charge in [0.1, 0.15) is 34.5 Å². The molecule has 338 valence electrons. The average molecular weight is 869 g/mol. The normalized spacial score (nSPS) is 18.4. The first-order valence-corrected chi connectivity index (χ1v) is 21.6. The molecule has 4 unspecified atom stereocenters. The summed E-state index contributed by atoms with van der Waals surface area (Å²) in [5.74, 6) is 6.02. The number of methoxy groups -OCH3 is 5. The molecule has 0 aliphatic carbocycles. The SMILES string of the molecule is COc1cc(O)c(C(CC(=O)N2CCCC(C)C2)c2ccc3c(c2)OCO3)c(OC)c1.COc1cc(OC)c(C(CC(=O)N2CCCC(C)C2)c2ccc3c(c2)OCO3)c(OC)c1. The van der Waals surface area contributed by atoms with Gasteiger partial charge in [-0.1, -0.05) is 26.0 Å². The number of rotatable bonds is 13. The zero-order valence-corrected chi connectivity index (χ0v) is 37.4. The van der Waals surface area contributed by atoms with Crippen molar-refractivity contribution in [1.29, 1.82) is 0 Å². The third-order valence-corrected chi connectivity index (χ3v) is 12.4. The van der Waals surface area contributed by atoms with Crippen molar-refractivity contribution in [2.75, 3.05) is 75.3 Å². The molecule has 0 aromatic heterocycles. The summed E-state index contributed by atoms with van der Waals surface area (Å²) in [7, 11) is 7.90. The predicted molar refractivity (Wildman–Crippen MR) is 235 cm³/mol. The third-order valence-electron chi connectivity index (χ3n) is 12.4. The Balaban J connectivity index is 0.000000189. The molecule has 4 aromatic rings. The summed E-state index contributed by atoms with van der Waals surface area (Å²) in [6, 6.07) is 18.4. The molecule has 1 N–H and O–H groups in total. The monoisotopic (exact) mass is 868 g/mol. The predicted octanol–water partition coefficient (Wildman–Crippen LogP) is 8.14. The first-order chi connectivity index (χ1) is 30.5. The minimum absolute atomic E-state index is 0.0266. The van der Waals surface area contributed by atoms with Crippen LogP contribution in [0, 0.1) is 11.8 Å². The lowest BCUT2D eigenvalue weighted by Crippen LogP contribution is -2.39. The van der Waals surface area contributed by atoms with E-state index in [2.05, 4.69) is 13.8 Å². The van der Waals surface area contributed by atoms with Gasteiger partial charge in [0.05, 0.1) is 35.5 Å². The van der Waals surface area contributed by atoms with Crippen molar-refractivity contribution in [2.24, 2.45) is 11.8 Å². The Bertz CT molecular complexity index is 2220. The van der Waals surface area contributed by atoms with Gasteiger partial charge in [0.25, 0.3) is 0 Å². The van der Waals surface area contributed by atoms with Crippen LogP contribution in [0.25, 0.3) is 0 Å². The average Bonchev–Trinajstić information content (AvgIpc) is 3.99. The molecule has 2 saturated heterocycles. The van der Waals surface area contributed by atoms with Gasteiger partial charge in [-0.2, -0.15) is 0 Å². The molecule has 0 radical (unpaired) electrons. The maximum atomic E-state index is 13.4. The smallest absolute Gasteiger partial charge is 0.231 e. The van der Waals surface area contributed by atoms with E-state index in [-0.39, 0.29) is 43.5 Å². The number of carbonyl (C=O) groups excluding carboxylic acids is 2. The van der Waals surface area contributed by atoms with Crippen LogP contribution in [-0.2, 0) is 9.59 Å². The minimum atomic E-state index is -0.417. The van der Waals surface area contributed by atoms with Gasteiger partial charge in [0.15, 0.2) is 23.0 Å². The standard InChI is InChI=1S/C25H31NO6.C24H29NO6/c1-16-6-5-9-26(14-16)24(27)13-19(17-7-8-20-21(10-17)32-15-31-20)25-22(29-3)11-18(28-2)12-23(25)30-4;1-15-5-4-8-25(13-15)23(27)12-18(16-6-7-20-21(9-16)31-14-30-20)24-19(26)10-17(28-2)11-22(24)29-3/h7-8,10-12,16,19H,5-6,9,13-15H2,1-4H3;6-7,9-11,15,18,26H,4-5,8,12-14H2,1-3H3. The lowest BCUT2D eigenvalue weighted by molar-refractivity contribution is -0.133. The number of benzene rings is 4. The van der Waals surface area contributed by atoms with Gasteiger partial charge in [-0.15, -0.1) is 0 Å². The fourth-order valence-electron chi connectivity index (χ4n) is 9.07. The number of hydrogen-bond donors (Lipinski definition) is 1. The fourth-order valence-corrected chi connectivity index (χ4v) is 9.07. The summed E-state index contributed by atoms with van der Waals surface area (Å²) in [6.07, 6.45) is 4.86. The van der Waals surface area contributed by atoms with E-state index < -0.39 is 5.92 Å². The van der Waals surface area contributed by atoms with Crippen LogP contribution < -0.4 is 42.6 Å². The van der Waals surface area contributed by atoms with Crippen LogP contribution >= 0.6 is 0 Å². The van der Waals surface area contributed by atoms with Crippen LogP contribution in [0.3, 0.4) is 0 Å². The van der Waals surface area contributed by atoms with Crippen molar-refractivity contribution >= 4 is 11.8 Å². The second kappa shape index (κ2) is 20.3. The van der Waals surface area contributed by atoms with Gasteiger partial charge in [0, 0.05) is 86.2 Å². The van der Waals surface area contributed by atoms with Crippen LogP contribution in [0.4, 0.5) is 0 Å². The van der Waals surface area contributed by atoms with E-state index in [1.54, 1.807) is 40.6 Å². The van der Waals surface area contributed by atoms with Gasteiger partial charge >= 0.3 is 0 Å². The fraction of sp³-hybridized carbons (Fsp3) is 0.469. The molecule has 14 heteroatoms. The highest BCUT2D eigenvalue weighted by molar-refractivity contribution is 5.79. The summed E-state index contributed by atoms with van der Waals surface area (Å²) in [6.45, 7) is 7.87. The molecule has 63 heavy (non-hydrogen) atoms. The number of likely N-dealkylation sites (tertiary alicyclic amines) is 2. The number of nitrogens with zero attached hydrogens (tertiary/aromatic N) is 2. The first-order valence-electron chi connectivity index (χ1n) is 21.6. The van der Waals surface area contributed by atoms with Crippen molar-refractivity contribution in [3.8, 4) is 57.5 Å². The molecule has 4 aliphatic rings. The summed E-state index contributed by atoms with van der Waals surface area (Å²) in [5, 5.41) is 10.9. The number of hydrogen-bond acceptors (Lipinski definition) is 12. The van der Waals surface area contributed by atoms with Crippen LogP contribution in [0.5, 0.6) is 57.5 Å². The molecule has 0 bridgehead atoms. The molecule has 4 aliphatic heterocycles. The molecule has 0 saturated carbocycles. The van der Waals surface area contributed by atoms with Crippen LogP contribution in [0.2, 0.25) is 0 Å². The maximum absolute atomic E-state index is 13.4. The van der Waals surface area contributed by atoms with E-state index in [1.165, 1.54) is 7.11 Å².